The van der Waals surface area contributed by atoms with Crippen LogP contribution in [0.15, 0.2) is 0 Å². The van der Waals surface area contributed by atoms with Crippen molar-refractivity contribution in [3.63, 3.8) is 0 Å². The average Bonchev–Trinajstić information content (AvgIpc) is 2.89. The molecule has 0 aromatic heterocycles. The second-order valence-corrected chi connectivity index (χ2v) is 5.38. The van der Waals surface area contributed by atoms with Crippen LogP contribution in [0.2, 0.25) is 0 Å². The predicted molar refractivity (Wildman–Crippen MR) is 64.1 cm³/mol. The van der Waals surface area contributed by atoms with Crippen LogP contribution in [0.3, 0.4) is 0 Å². The van der Waals surface area contributed by atoms with Crippen LogP contribution >= 0.6 is 0 Å². The molecule has 0 bridgehead atoms. The molecule has 1 heterocycles. The van der Waals surface area contributed by atoms with Crippen molar-refractivity contribution in [2.75, 3.05) is 20.1 Å². The number of likely N-dealkylation sites (tertiary alicyclic amines) is 1. The zero-order chi connectivity index (χ0) is 13.4. The van der Waals surface area contributed by atoms with Crippen molar-refractivity contribution in [3.8, 4) is 0 Å². The maximum atomic E-state index is 12.1. The van der Waals surface area contributed by atoms with Crippen molar-refractivity contribution in [1.29, 1.82) is 0 Å². The number of fused-ring (bicyclic) bond motifs is 1. The van der Waals surface area contributed by atoms with Crippen LogP contribution in [0.25, 0.3) is 0 Å². The fourth-order valence-corrected chi connectivity index (χ4v) is 2.95. The summed E-state index contributed by atoms with van der Waals surface area (Å²) >= 11 is 0. The SMILES string of the molecule is CC(C(=O)O)N(C)C(=O)N1CC2CCC(O)C2C1. The highest BCUT2D eigenvalue weighted by Gasteiger charge is 2.44. The molecule has 0 aromatic carbocycles. The fraction of sp³-hybridized carbons (Fsp3) is 0.833. The van der Waals surface area contributed by atoms with Crippen molar-refractivity contribution < 1.29 is 19.8 Å². The number of carboxylic acids is 1. The number of urea groups is 1. The molecule has 2 amide bonds. The standard InChI is InChI=1S/C12H20N2O4/c1-7(11(16)17)13(2)12(18)14-5-8-3-4-10(15)9(8)6-14/h7-10,15H,3-6H2,1-2H3,(H,16,17). The van der Waals surface area contributed by atoms with Gasteiger partial charge in [0.1, 0.15) is 6.04 Å². The predicted octanol–water partition coefficient (Wildman–Crippen LogP) is 0.214. The molecule has 4 unspecified atom stereocenters. The third-order valence-corrected chi connectivity index (χ3v) is 4.33. The Balaban J connectivity index is 1.97. The Kier molecular flexibility index (Phi) is 3.47. The highest BCUT2D eigenvalue weighted by molar-refractivity contribution is 5.82. The van der Waals surface area contributed by atoms with Gasteiger partial charge in [-0.25, -0.2) is 9.59 Å². The van der Waals surface area contributed by atoms with Crippen molar-refractivity contribution in [2.24, 2.45) is 11.8 Å². The maximum Gasteiger partial charge on any atom is 0.326 e. The van der Waals surface area contributed by atoms with Crippen LogP contribution in [0.1, 0.15) is 19.8 Å². The van der Waals surface area contributed by atoms with Crippen LogP contribution in [0, 0.1) is 11.8 Å². The quantitative estimate of drug-likeness (QED) is 0.740. The fourth-order valence-electron chi connectivity index (χ4n) is 2.95. The summed E-state index contributed by atoms with van der Waals surface area (Å²) in [7, 11) is 1.51. The number of carboxylic acid groups (broad SMARTS) is 1. The number of aliphatic carboxylic acids is 1. The molecule has 0 spiro atoms. The lowest BCUT2D eigenvalue weighted by molar-refractivity contribution is -0.141. The van der Waals surface area contributed by atoms with E-state index in [4.69, 9.17) is 5.11 Å². The minimum absolute atomic E-state index is 0.169. The molecular weight excluding hydrogens is 236 g/mol. The van der Waals surface area contributed by atoms with Gasteiger partial charge in [-0.1, -0.05) is 0 Å². The first-order valence-electron chi connectivity index (χ1n) is 6.34. The van der Waals surface area contributed by atoms with Crippen LogP contribution in [0.4, 0.5) is 4.79 Å². The zero-order valence-corrected chi connectivity index (χ0v) is 10.7. The van der Waals surface area contributed by atoms with E-state index in [1.165, 1.54) is 18.9 Å². The Morgan fingerprint density at radius 2 is 2.00 bits per heavy atom. The number of nitrogens with zero attached hydrogens (tertiary/aromatic N) is 2. The number of hydrogen-bond donors (Lipinski definition) is 2. The van der Waals surface area contributed by atoms with Gasteiger partial charge < -0.3 is 20.0 Å². The summed E-state index contributed by atoms with van der Waals surface area (Å²) in [5.74, 6) is -0.467. The Morgan fingerprint density at radius 1 is 1.33 bits per heavy atom. The highest BCUT2D eigenvalue weighted by atomic mass is 16.4. The number of aliphatic hydroxyl groups is 1. The van der Waals surface area contributed by atoms with Gasteiger partial charge in [0.15, 0.2) is 0 Å². The molecule has 102 valence electrons. The number of hydrogen-bond acceptors (Lipinski definition) is 3. The molecular formula is C12H20N2O4. The normalized spacial score (nSPS) is 32.2. The Bertz CT molecular complexity index is 360. The minimum atomic E-state index is -1.01. The number of aliphatic hydroxyl groups excluding tert-OH is 1. The van der Waals surface area contributed by atoms with E-state index in [-0.39, 0.29) is 18.1 Å². The summed E-state index contributed by atoms with van der Waals surface area (Å²) < 4.78 is 0. The van der Waals surface area contributed by atoms with Crippen LogP contribution in [0.5, 0.6) is 0 Å². The third kappa shape index (κ3) is 2.16. The Morgan fingerprint density at radius 3 is 2.56 bits per heavy atom. The van der Waals surface area contributed by atoms with Crippen molar-refractivity contribution in [3.05, 3.63) is 0 Å². The lowest BCUT2D eigenvalue weighted by Gasteiger charge is -2.28. The molecule has 2 aliphatic rings. The minimum Gasteiger partial charge on any atom is -0.480 e. The van der Waals surface area contributed by atoms with Gasteiger partial charge in [-0.2, -0.15) is 0 Å². The van der Waals surface area contributed by atoms with Gasteiger partial charge in [0.2, 0.25) is 0 Å². The molecule has 18 heavy (non-hydrogen) atoms. The first-order valence-corrected chi connectivity index (χ1v) is 6.34. The van der Waals surface area contributed by atoms with E-state index in [1.54, 1.807) is 4.90 Å². The Hall–Kier alpha value is -1.30. The van der Waals surface area contributed by atoms with E-state index < -0.39 is 12.0 Å². The summed E-state index contributed by atoms with van der Waals surface area (Å²) in [6, 6.07) is -1.09. The molecule has 0 radical (unpaired) electrons. The molecule has 1 aliphatic carbocycles. The lowest BCUT2D eigenvalue weighted by Crippen LogP contribution is -2.47. The summed E-state index contributed by atoms with van der Waals surface area (Å²) in [5, 5.41) is 18.7. The summed E-state index contributed by atoms with van der Waals surface area (Å²) in [5.41, 5.74) is 0. The summed E-state index contributed by atoms with van der Waals surface area (Å²) in [6.07, 6.45) is 1.46. The first kappa shape index (κ1) is 13.1. The topological polar surface area (TPSA) is 81.1 Å². The third-order valence-electron chi connectivity index (χ3n) is 4.33. The molecule has 6 heteroatoms. The van der Waals surface area contributed by atoms with Gasteiger partial charge in [-0.3, -0.25) is 0 Å². The Labute approximate surface area is 106 Å². The number of rotatable bonds is 2. The molecule has 1 saturated carbocycles. The highest BCUT2D eigenvalue weighted by Crippen LogP contribution is 2.38. The van der Waals surface area contributed by atoms with Gasteiger partial charge in [-0.15, -0.1) is 0 Å². The first-order chi connectivity index (χ1) is 8.41. The van der Waals surface area contributed by atoms with Gasteiger partial charge in [0.05, 0.1) is 6.10 Å². The molecule has 4 atom stereocenters. The molecule has 1 aliphatic heterocycles. The van der Waals surface area contributed by atoms with Crippen molar-refractivity contribution in [1.82, 2.24) is 9.80 Å². The summed E-state index contributed by atoms with van der Waals surface area (Å²) in [6.45, 7) is 2.67. The van der Waals surface area contributed by atoms with Gasteiger partial charge in [0.25, 0.3) is 0 Å². The van der Waals surface area contributed by atoms with Gasteiger partial charge >= 0.3 is 12.0 Å². The van der Waals surface area contributed by atoms with Crippen LogP contribution in [-0.4, -0.2) is 64.3 Å². The van der Waals surface area contributed by atoms with E-state index in [9.17, 15) is 14.7 Å². The molecule has 0 aromatic rings. The number of carbonyl (C=O) groups excluding carboxylic acids is 1. The van der Waals surface area contributed by atoms with Crippen molar-refractivity contribution in [2.45, 2.75) is 31.9 Å². The van der Waals surface area contributed by atoms with E-state index in [1.807, 2.05) is 0 Å². The van der Waals surface area contributed by atoms with Gasteiger partial charge in [0, 0.05) is 26.1 Å². The largest absolute Gasteiger partial charge is 0.480 e. The molecule has 2 fully saturated rings. The number of carbonyl (C=O) groups is 2. The van der Waals surface area contributed by atoms with Crippen LogP contribution in [-0.2, 0) is 4.79 Å². The number of amides is 2. The second kappa shape index (κ2) is 4.76. The smallest absolute Gasteiger partial charge is 0.326 e. The van der Waals surface area contributed by atoms with E-state index in [2.05, 4.69) is 0 Å². The van der Waals surface area contributed by atoms with Gasteiger partial charge in [-0.05, 0) is 25.7 Å². The van der Waals surface area contributed by atoms with E-state index >= 15 is 0 Å². The van der Waals surface area contributed by atoms with Crippen molar-refractivity contribution >= 4 is 12.0 Å². The monoisotopic (exact) mass is 256 g/mol. The zero-order valence-electron chi connectivity index (χ0n) is 10.7. The van der Waals surface area contributed by atoms with E-state index in [0.29, 0.717) is 19.0 Å². The van der Waals surface area contributed by atoms with E-state index in [0.717, 1.165) is 12.8 Å². The maximum absolute atomic E-state index is 12.1. The molecule has 6 nitrogen and oxygen atoms in total. The van der Waals surface area contributed by atoms with Crippen LogP contribution < -0.4 is 0 Å². The lowest BCUT2D eigenvalue weighted by atomic mass is 10.00. The molecule has 1 saturated heterocycles. The number of likely N-dealkylation sites (N-methyl/N-ethyl adjacent to an activating group) is 1. The second-order valence-electron chi connectivity index (χ2n) is 5.38. The molecule has 2 rings (SSSR count). The molecule has 2 N–H and O–H groups in total. The average molecular weight is 256 g/mol. The summed E-state index contributed by atoms with van der Waals surface area (Å²) in [4.78, 5) is 25.9.